The van der Waals surface area contributed by atoms with Crippen LogP contribution in [0.25, 0.3) is 21.5 Å². The zero-order valence-electron chi connectivity index (χ0n) is 45.7. The molecule has 4 bridgehead atoms. The minimum Gasteiger partial charge on any atom is -1.00 e. The van der Waals surface area contributed by atoms with E-state index in [1.807, 2.05) is 72.8 Å². The molecule has 4 saturated carbocycles. The normalized spacial score (nSPS) is 31.4. The number of nitrogens with two attached hydrogens (primary N) is 1. The van der Waals surface area contributed by atoms with E-state index < -0.39 is 0 Å². The summed E-state index contributed by atoms with van der Waals surface area (Å²) >= 11 is 0. The van der Waals surface area contributed by atoms with Gasteiger partial charge in [-0.25, -0.2) is 0 Å². The van der Waals surface area contributed by atoms with Crippen molar-refractivity contribution in [3.05, 3.63) is 127 Å². The van der Waals surface area contributed by atoms with Gasteiger partial charge in [-0.15, -0.1) is 16.8 Å². The molecule has 9 nitrogen and oxygen atoms in total. The summed E-state index contributed by atoms with van der Waals surface area (Å²) in [5.74, 6) is 1.75. The zero-order chi connectivity index (χ0) is 50.2. The van der Waals surface area contributed by atoms with Gasteiger partial charge in [0.05, 0.1) is 0 Å². The van der Waals surface area contributed by atoms with Crippen molar-refractivity contribution < 1.29 is 36.3 Å². The molecule has 7 unspecified atom stereocenters. The Labute approximate surface area is 460 Å². The Bertz CT molecular complexity index is 2490. The van der Waals surface area contributed by atoms with Crippen LogP contribution in [0.2, 0.25) is 0 Å². The summed E-state index contributed by atoms with van der Waals surface area (Å²) in [5.41, 5.74) is 21.7. The molecule has 0 amide bonds. The van der Waals surface area contributed by atoms with Crippen molar-refractivity contribution in [2.24, 2.45) is 49.7 Å². The molecule has 8 fully saturated rings. The van der Waals surface area contributed by atoms with Gasteiger partial charge < -0.3 is 22.7 Å². The molecule has 5 aromatic carbocycles. The number of rotatable bonds is 1. The molecule has 72 heavy (non-hydrogen) atoms. The van der Waals surface area contributed by atoms with Crippen molar-refractivity contribution in [3.8, 4) is 0 Å². The van der Waals surface area contributed by atoms with Gasteiger partial charge in [-0.3, -0.25) is 19.4 Å². The monoisotopic (exact) mass is 1060 g/mol. The van der Waals surface area contributed by atoms with Crippen LogP contribution in [-0.2, 0) is 25.1 Å². The first kappa shape index (κ1) is 60.2. The summed E-state index contributed by atoms with van der Waals surface area (Å²) in [4.78, 5) is 21.8. The van der Waals surface area contributed by atoms with Gasteiger partial charge in [-0.2, -0.15) is 46.2 Å². The molecule has 5 aromatic rings. The van der Waals surface area contributed by atoms with Gasteiger partial charge in [0.1, 0.15) is 0 Å². The average molecular weight is 1060 g/mol. The second-order valence-corrected chi connectivity index (χ2v) is 25.9. The third-order valence-corrected chi connectivity index (χ3v) is 18.4. The van der Waals surface area contributed by atoms with Crippen LogP contribution in [0.5, 0.6) is 0 Å². The molecule has 6 N–H and O–H groups in total. The van der Waals surface area contributed by atoms with E-state index in [0.717, 1.165) is 17.5 Å². The van der Waals surface area contributed by atoms with Gasteiger partial charge in [-0.05, 0) is 78.7 Å². The summed E-state index contributed by atoms with van der Waals surface area (Å²) in [6, 6.07) is 41.7. The maximum Gasteiger partial charge on any atom is 2.00 e. The van der Waals surface area contributed by atoms with Gasteiger partial charge in [0.2, 0.25) is 0 Å². The molecule has 4 aliphatic heterocycles. The molecule has 7 atom stereocenters. The van der Waals surface area contributed by atoms with Crippen LogP contribution in [0.3, 0.4) is 0 Å². The van der Waals surface area contributed by atoms with E-state index in [2.05, 4.69) is 174 Å². The molecule has 0 aromatic heterocycles. The molecular formula is C61H88BrMgN5O4. The summed E-state index contributed by atoms with van der Waals surface area (Å²) in [5, 5.41) is 4.97. The molecule has 8 aliphatic rings. The fourth-order valence-corrected chi connectivity index (χ4v) is 13.1. The Balaban J connectivity index is 0.000000159. The number of hydrogen-bond donors (Lipinski definition) is 5. The number of hydrogen-bond acceptors (Lipinski definition) is 9. The van der Waals surface area contributed by atoms with Crippen LogP contribution >= 0.6 is 0 Å². The van der Waals surface area contributed by atoms with Crippen LogP contribution in [0.15, 0.2) is 115 Å². The second-order valence-electron chi connectivity index (χ2n) is 25.9. The largest absolute Gasteiger partial charge is 2.00 e. The number of hydroxylamine groups is 4. The van der Waals surface area contributed by atoms with E-state index in [4.69, 9.17) is 25.1 Å². The van der Waals surface area contributed by atoms with Crippen molar-refractivity contribution in [1.82, 2.24) is 21.9 Å². The van der Waals surface area contributed by atoms with Crippen LogP contribution < -0.4 is 44.6 Å². The minimum atomic E-state index is -0.270. The van der Waals surface area contributed by atoms with E-state index in [9.17, 15) is 0 Å². The van der Waals surface area contributed by atoms with Crippen LogP contribution in [0.4, 0.5) is 5.69 Å². The van der Waals surface area contributed by atoms with Gasteiger partial charge in [-0.1, -0.05) is 190 Å². The Kier molecular flexibility index (Phi) is 17.6. The third kappa shape index (κ3) is 10.7. The summed E-state index contributed by atoms with van der Waals surface area (Å²) in [6.45, 7) is 33.9. The number of anilines is 1. The molecular weight excluding hydrogens is 971 g/mol. The number of benzene rings is 5. The molecule has 13 rings (SSSR count). The summed E-state index contributed by atoms with van der Waals surface area (Å²) in [7, 11) is 0. The van der Waals surface area contributed by atoms with Gasteiger partial charge in [0.15, 0.2) is 22.9 Å². The smallest absolute Gasteiger partial charge is 1.00 e. The van der Waals surface area contributed by atoms with Crippen molar-refractivity contribution in [1.29, 1.82) is 0 Å². The van der Waals surface area contributed by atoms with Crippen molar-refractivity contribution in [2.45, 2.75) is 173 Å². The van der Waals surface area contributed by atoms with Crippen molar-refractivity contribution in [3.63, 3.8) is 0 Å². The van der Waals surface area contributed by atoms with Crippen molar-refractivity contribution in [2.75, 3.05) is 5.73 Å². The van der Waals surface area contributed by atoms with Crippen LogP contribution in [0, 0.1) is 55.8 Å². The van der Waals surface area contributed by atoms with Crippen LogP contribution in [0.1, 0.15) is 155 Å². The van der Waals surface area contributed by atoms with E-state index in [0.29, 0.717) is 21.7 Å². The molecule has 4 saturated heterocycles. The van der Waals surface area contributed by atoms with Gasteiger partial charge in [0, 0.05) is 43.7 Å². The van der Waals surface area contributed by atoms with Crippen LogP contribution in [-0.4, -0.2) is 40.2 Å². The Morgan fingerprint density at radius 2 is 1.06 bits per heavy atom. The fraction of sp³-hybridized carbons (Fsp3) is 0.574. The Morgan fingerprint density at radius 1 is 0.556 bits per heavy atom. The first-order valence-corrected chi connectivity index (χ1v) is 25.6. The Hall–Kier alpha value is -2.65. The Morgan fingerprint density at radius 3 is 1.43 bits per heavy atom. The SMILES string of the molecule is C.CC(C)(C)C1(C(C)(C)C)NO1.CC(C)(C)C1(c2ccccc2)NO1.CC1(C)C2CCC1(C)C1(C2)NO1.CC12CCC(C1)C(C)(C)C21NO1.Nc1ccc2ccccc2c1.[Br-].[Mg+2].[c-]1ccc2ccccc2c1. The number of nitrogen functional groups attached to an aromatic ring is 1. The van der Waals surface area contributed by atoms with E-state index in [-0.39, 0.29) is 86.6 Å². The zero-order valence-corrected chi connectivity index (χ0v) is 48.7. The maximum atomic E-state index is 5.62. The predicted octanol–water partition coefficient (Wildman–Crippen LogP) is 11.2. The summed E-state index contributed by atoms with van der Waals surface area (Å²) in [6.07, 6.45) is 8.06. The third-order valence-electron chi connectivity index (χ3n) is 18.4. The first-order chi connectivity index (χ1) is 32.1. The summed E-state index contributed by atoms with van der Waals surface area (Å²) < 4.78 is 0. The maximum absolute atomic E-state index is 5.62. The molecule has 11 heteroatoms. The first-order valence-electron chi connectivity index (χ1n) is 25.6. The topological polar surface area (TPSA) is 164 Å². The predicted molar refractivity (Wildman–Crippen MR) is 294 cm³/mol. The number of fused-ring (bicyclic) bond motifs is 8. The van der Waals surface area contributed by atoms with E-state index in [1.165, 1.54) is 65.6 Å². The standard InChI is InChI=1S/C11H15NO.2C10H17NO.C10H9N.C10H7.C9H19NO.CH4.BrH.Mg/c1-10(2,3)11(12-13-11)9-7-5-4-6-8-9;1-8(2)7-4-5-9(8,3)10(6-7)11-12-10;1-8(2)7-4-5-9(3,6-7)10(8)11-12-10;11-10-6-5-8-3-1-2-4-9(8)7-10;1-2-6-10-8-4-3-7-9(10)5-1;1-7(2,3)9(10-11-9)8(4,5)6;;;/h4-8,12H,1-3H3;2*7,11H,4-6H2,1-3H3;1-7H,11H2;1-3,5-8H;10H,1-6H3;1H4;1H;/q;;;;-1;;;;+2/p-1. The quantitative estimate of drug-likeness (QED) is 0.0476. The average Bonchev–Trinajstić information content (AvgIpc) is 4.12. The molecule has 4 heterocycles. The van der Waals surface area contributed by atoms with E-state index >= 15 is 0 Å². The van der Waals surface area contributed by atoms with E-state index in [1.54, 1.807) is 0 Å². The number of nitrogens with one attached hydrogen (secondary N) is 4. The van der Waals surface area contributed by atoms with Gasteiger partial charge >= 0.3 is 23.1 Å². The minimum absolute atomic E-state index is 0. The molecule has 0 radical (unpaired) electrons. The second kappa shape index (κ2) is 21.1. The fourth-order valence-electron chi connectivity index (χ4n) is 13.1. The number of halogens is 1. The molecule has 4 aliphatic carbocycles. The molecule has 390 valence electrons. The van der Waals surface area contributed by atoms with Gasteiger partial charge in [0.25, 0.3) is 0 Å². The van der Waals surface area contributed by atoms with Crippen molar-refractivity contribution >= 4 is 50.3 Å². The molecule has 2 spiro atoms.